The number of nitrogens with zero attached hydrogens (tertiary/aromatic N) is 1. The molecule has 3 rings (SSSR count). The third-order valence-electron chi connectivity index (χ3n) is 4.59. The van der Waals surface area contributed by atoms with E-state index in [4.69, 9.17) is 11.6 Å². The summed E-state index contributed by atoms with van der Waals surface area (Å²) in [5, 5.41) is 3.66. The predicted octanol–water partition coefficient (Wildman–Crippen LogP) is 4.63. The average Bonchev–Trinajstić information content (AvgIpc) is 2.64. The van der Waals surface area contributed by atoms with Crippen LogP contribution in [0.2, 0.25) is 5.02 Å². The zero-order valence-corrected chi connectivity index (χ0v) is 15.8. The summed E-state index contributed by atoms with van der Waals surface area (Å²) in [6.07, 6.45) is -3.12. The topological polar surface area (TPSA) is 41.6 Å². The molecule has 0 unspecified atom stereocenters. The third-order valence-corrected chi connectivity index (χ3v) is 4.84. The number of carbonyl (C=O) groups excluding carboxylic acids is 1. The molecule has 2 aromatic carbocycles. The first-order valence-corrected chi connectivity index (χ1v) is 9.30. The van der Waals surface area contributed by atoms with Gasteiger partial charge >= 0.3 is 6.36 Å². The third kappa shape index (κ3) is 6.14. The van der Waals surface area contributed by atoms with E-state index >= 15 is 0 Å². The Morgan fingerprint density at radius 2 is 1.68 bits per heavy atom. The van der Waals surface area contributed by atoms with Gasteiger partial charge in [0.25, 0.3) is 5.91 Å². The summed E-state index contributed by atoms with van der Waals surface area (Å²) in [5.74, 6) is -0.644. The lowest BCUT2D eigenvalue weighted by Crippen LogP contribution is -2.44. The molecule has 2 aromatic rings. The Kier molecular flexibility index (Phi) is 6.46. The van der Waals surface area contributed by atoms with Crippen molar-refractivity contribution in [3.8, 4) is 5.75 Å². The number of ether oxygens (including phenoxy) is 1. The van der Waals surface area contributed by atoms with Crippen molar-refractivity contribution in [2.75, 3.05) is 13.1 Å². The van der Waals surface area contributed by atoms with Gasteiger partial charge in [-0.15, -0.1) is 13.2 Å². The minimum absolute atomic E-state index is 0.0417. The van der Waals surface area contributed by atoms with E-state index in [0.29, 0.717) is 10.6 Å². The summed E-state index contributed by atoms with van der Waals surface area (Å²) >= 11 is 5.90. The van der Waals surface area contributed by atoms with Crippen LogP contribution in [0.25, 0.3) is 0 Å². The van der Waals surface area contributed by atoms with Crippen LogP contribution in [0, 0.1) is 0 Å². The van der Waals surface area contributed by atoms with Crippen LogP contribution in [-0.4, -0.2) is 36.3 Å². The summed E-state index contributed by atoms with van der Waals surface area (Å²) < 4.78 is 40.4. The zero-order valence-electron chi connectivity index (χ0n) is 15.0. The van der Waals surface area contributed by atoms with Crippen LogP contribution in [0.5, 0.6) is 5.75 Å². The lowest BCUT2D eigenvalue weighted by Gasteiger charge is -2.32. The zero-order chi connectivity index (χ0) is 20.1. The van der Waals surface area contributed by atoms with Gasteiger partial charge in [-0.3, -0.25) is 9.69 Å². The van der Waals surface area contributed by atoms with Crippen molar-refractivity contribution in [3.05, 3.63) is 64.7 Å². The van der Waals surface area contributed by atoms with Gasteiger partial charge in [0.05, 0.1) is 0 Å². The van der Waals surface area contributed by atoms with Gasteiger partial charge in [-0.05, 0) is 54.8 Å². The second kappa shape index (κ2) is 8.84. The van der Waals surface area contributed by atoms with Crippen molar-refractivity contribution < 1.29 is 22.7 Å². The number of alkyl halides is 3. The lowest BCUT2D eigenvalue weighted by molar-refractivity contribution is -0.274. The second-order valence-electron chi connectivity index (χ2n) is 6.72. The Balaban J connectivity index is 1.46. The van der Waals surface area contributed by atoms with Crippen LogP contribution in [0.1, 0.15) is 28.8 Å². The van der Waals surface area contributed by atoms with Crippen molar-refractivity contribution in [2.24, 2.45) is 0 Å². The fourth-order valence-electron chi connectivity index (χ4n) is 3.16. The molecular formula is C20H20ClF3N2O2. The number of hydrogen-bond acceptors (Lipinski definition) is 3. The number of piperidine rings is 1. The minimum Gasteiger partial charge on any atom is -0.406 e. The summed E-state index contributed by atoms with van der Waals surface area (Å²) in [6, 6.07) is 12.7. The summed E-state index contributed by atoms with van der Waals surface area (Å²) in [5.41, 5.74) is 1.49. The van der Waals surface area contributed by atoms with Crippen molar-refractivity contribution in [3.63, 3.8) is 0 Å². The fraction of sp³-hybridized carbons (Fsp3) is 0.350. The highest BCUT2D eigenvalue weighted by Crippen LogP contribution is 2.23. The maximum atomic E-state index is 12.3. The van der Waals surface area contributed by atoms with Crippen molar-refractivity contribution in [2.45, 2.75) is 31.8 Å². The number of benzene rings is 2. The van der Waals surface area contributed by atoms with Gasteiger partial charge in [-0.2, -0.15) is 0 Å². The quantitative estimate of drug-likeness (QED) is 0.778. The molecule has 0 aromatic heterocycles. The highest BCUT2D eigenvalue weighted by Gasteiger charge is 2.31. The SMILES string of the molecule is O=C(NC1CCN(Cc2ccc(Cl)cc2)CC1)c1ccc(OC(F)(F)F)cc1. The standard InChI is InChI=1S/C20H20ClF3N2O2/c21-16-5-1-14(2-6-16)13-26-11-9-17(10-12-26)25-19(27)15-3-7-18(8-4-15)28-20(22,23)24/h1-8,17H,9-13H2,(H,25,27). The molecule has 0 saturated carbocycles. The molecule has 150 valence electrons. The largest absolute Gasteiger partial charge is 0.573 e. The number of amides is 1. The molecule has 0 aliphatic carbocycles. The molecule has 0 radical (unpaired) electrons. The van der Waals surface area contributed by atoms with Gasteiger partial charge in [-0.25, -0.2) is 0 Å². The van der Waals surface area contributed by atoms with Gasteiger partial charge < -0.3 is 10.1 Å². The molecule has 0 atom stereocenters. The van der Waals surface area contributed by atoms with E-state index in [9.17, 15) is 18.0 Å². The van der Waals surface area contributed by atoms with E-state index in [0.717, 1.165) is 44.6 Å². The molecule has 0 bridgehead atoms. The highest BCUT2D eigenvalue weighted by molar-refractivity contribution is 6.30. The van der Waals surface area contributed by atoms with E-state index in [1.54, 1.807) is 0 Å². The molecule has 1 fully saturated rings. The number of likely N-dealkylation sites (tertiary alicyclic amines) is 1. The number of hydrogen-bond donors (Lipinski definition) is 1. The van der Waals surface area contributed by atoms with Crippen LogP contribution in [0.4, 0.5) is 13.2 Å². The molecule has 1 aliphatic heterocycles. The van der Waals surface area contributed by atoms with Gasteiger partial charge in [0.1, 0.15) is 5.75 Å². The van der Waals surface area contributed by atoms with Gasteiger partial charge in [0, 0.05) is 36.3 Å². The molecule has 4 nitrogen and oxygen atoms in total. The number of rotatable bonds is 5. The number of nitrogens with one attached hydrogen (secondary N) is 1. The van der Waals surface area contributed by atoms with E-state index in [2.05, 4.69) is 15.0 Å². The number of carbonyl (C=O) groups is 1. The van der Waals surface area contributed by atoms with Crippen LogP contribution >= 0.6 is 11.6 Å². The lowest BCUT2D eigenvalue weighted by atomic mass is 10.0. The van der Waals surface area contributed by atoms with Crippen LogP contribution in [-0.2, 0) is 6.54 Å². The molecular weight excluding hydrogens is 393 g/mol. The minimum atomic E-state index is -4.75. The number of halogens is 4. The van der Waals surface area contributed by atoms with Crippen molar-refractivity contribution in [1.82, 2.24) is 10.2 Å². The highest BCUT2D eigenvalue weighted by atomic mass is 35.5. The summed E-state index contributed by atoms with van der Waals surface area (Å²) in [6.45, 7) is 2.54. The first kappa shape index (κ1) is 20.5. The smallest absolute Gasteiger partial charge is 0.406 e. The predicted molar refractivity (Wildman–Crippen MR) is 100 cm³/mol. The molecule has 0 spiro atoms. The Bertz CT molecular complexity index is 787. The molecule has 1 aliphatic rings. The van der Waals surface area contributed by atoms with E-state index < -0.39 is 6.36 Å². The van der Waals surface area contributed by atoms with Crippen molar-refractivity contribution >= 4 is 17.5 Å². The van der Waals surface area contributed by atoms with E-state index in [1.807, 2.05) is 24.3 Å². The van der Waals surface area contributed by atoms with Crippen LogP contribution in [0.3, 0.4) is 0 Å². The van der Waals surface area contributed by atoms with Gasteiger partial charge in [0.2, 0.25) is 0 Å². The van der Waals surface area contributed by atoms with Crippen molar-refractivity contribution in [1.29, 1.82) is 0 Å². The first-order chi connectivity index (χ1) is 13.3. The van der Waals surface area contributed by atoms with E-state index in [1.165, 1.54) is 17.7 Å². The molecule has 1 heterocycles. The fourth-order valence-corrected chi connectivity index (χ4v) is 3.29. The molecule has 1 saturated heterocycles. The molecule has 28 heavy (non-hydrogen) atoms. The Labute approximate surface area is 166 Å². The average molecular weight is 413 g/mol. The van der Waals surface area contributed by atoms with Gasteiger partial charge in [0.15, 0.2) is 0 Å². The molecule has 8 heteroatoms. The second-order valence-corrected chi connectivity index (χ2v) is 7.16. The van der Waals surface area contributed by atoms with Crippen LogP contribution in [0.15, 0.2) is 48.5 Å². The summed E-state index contributed by atoms with van der Waals surface area (Å²) in [4.78, 5) is 14.6. The van der Waals surface area contributed by atoms with Crippen LogP contribution < -0.4 is 10.1 Å². The Morgan fingerprint density at radius 3 is 2.25 bits per heavy atom. The van der Waals surface area contributed by atoms with E-state index in [-0.39, 0.29) is 17.7 Å². The monoisotopic (exact) mass is 412 g/mol. The Hall–Kier alpha value is -2.25. The normalized spacial score (nSPS) is 16.0. The molecule has 1 amide bonds. The maximum Gasteiger partial charge on any atom is 0.573 e. The van der Waals surface area contributed by atoms with Gasteiger partial charge in [-0.1, -0.05) is 23.7 Å². The maximum absolute atomic E-state index is 12.3. The molecule has 1 N–H and O–H groups in total. The summed E-state index contributed by atoms with van der Waals surface area (Å²) in [7, 11) is 0. The first-order valence-electron chi connectivity index (χ1n) is 8.92. The Morgan fingerprint density at radius 1 is 1.07 bits per heavy atom.